The summed E-state index contributed by atoms with van der Waals surface area (Å²) in [6, 6.07) is 7.23. The second-order valence-electron chi connectivity index (χ2n) is 5.34. The van der Waals surface area contributed by atoms with Gasteiger partial charge in [0.2, 0.25) is 5.95 Å². The van der Waals surface area contributed by atoms with Crippen LogP contribution < -0.4 is 10.6 Å². The molecule has 0 saturated carbocycles. The van der Waals surface area contributed by atoms with Crippen LogP contribution in [0.5, 0.6) is 0 Å². The Morgan fingerprint density at radius 3 is 2.52 bits per heavy atom. The summed E-state index contributed by atoms with van der Waals surface area (Å²) in [5, 5.41) is 5.86. The Balaban J connectivity index is 2.31. The van der Waals surface area contributed by atoms with Crippen molar-refractivity contribution in [3.63, 3.8) is 0 Å². The molecule has 0 fully saturated rings. The van der Waals surface area contributed by atoms with Gasteiger partial charge in [-0.25, -0.2) is 4.98 Å². The van der Waals surface area contributed by atoms with Crippen molar-refractivity contribution in [2.75, 3.05) is 10.6 Å². The Bertz CT molecular complexity index is 671. The van der Waals surface area contributed by atoms with Crippen LogP contribution in [-0.4, -0.2) is 16.0 Å². The monoisotopic (exact) mass is 324 g/mol. The van der Waals surface area contributed by atoms with Gasteiger partial charge in [0.05, 0.1) is 11.3 Å². The molecule has 1 atom stereocenters. The quantitative estimate of drug-likeness (QED) is 0.833. The predicted octanol–water partition coefficient (Wildman–Crippen LogP) is 4.76. The molecule has 1 aromatic carbocycles. The highest BCUT2D eigenvalue weighted by atomic mass is 19.4. The van der Waals surface area contributed by atoms with Gasteiger partial charge in [0.25, 0.3) is 0 Å². The smallest absolute Gasteiger partial charge is 0.367 e. The molecule has 1 unspecified atom stereocenters. The maximum atomic E-state index is 13.0. The number of hydrogen-bond acceptors (Lipinski definition) is 4. The molecule has 0 spiro atoms. The van der Waals surface area contributed by atoms with Crippen LogP contribution in [0, 0.1) is 6.92 Å². The van der Waals surface area contributed by atoms with E-state index in [9.17, 15) is 13.2 Å². The molecule has 124 valence electrons. The third kappa shape index (κ3) is 4.58. The van der Waals surface area contributed by atoms with Gasteiger partial charge in [0.15, 0.2) is 0 Å². The maximum Gasteiger partial charge on any atom is 0.418 e. The number of alkyl halides is 3. The Hall–Kier alpha value is -2.31. The van der Waals surface area contributed by atoms with Gasteiger partial charge in [-0.15, -0.1) is 0 Å². The number of nitrogens with one attached hydrogen (secondary N) is 2. The Morgan fingerprint density at radius 1 is 1.17 bits per heavy atom. The van der Waals surface area contributed by atoms with Crippen LogP contribution in [0.3, 0.4) is 0 Å². The normalized spacial score (nSPS) is 12.8. The van der Waals surface area contributed by atoms with E-state index in [1.807, 2.05) is 13.8 Å². The maximum absolute atomic E-state index is 13.0. The first-order chi connectivity index (χ1) is 10.8. The summed E-state index contributed by atoms with van der Waals surface area (Å²) in [6.07, 6.45) is -3.53. The molecule has 0 radical (unpaired) electrons. The van der Waals surface area contributed by atoms with Crippen LogP contribution >= 0.6 is 0 Å². The number of halogens is 3. The fourth-order valence-electron chi connectivity index (χ4n) is 2.01. The van der Waals surface area contributed by atoms with E-state index in [0.717, 1.165) is 12.5 Å². The summed E-state index contributed by atoms with van der Waals surface area (Å²) in [4.78, 5) is 8.40. The van der Waals surface area contributed by atoms with Gasteiger partial charge in [0.1, 0.15) is 5.82 Å². The summed E-state index contributed by atoms with van der Waals surface area (Å²) in [5.74, 6) is 0.714. The van der Waals surface area contributed by atoms with Crippen molar-refractivity contribution in [3.8, 4) is 0 Å². The molecule has 2 aromatic rings. The van der Waals surface area contributed by atoms with E-state index >= 15 is 0 Å². The molecule has 0 aliphatic heterocycles. The molecule has 0 amide bonds. The number of nitrogens with zero attached hydrogens (tertiary/aromatic N) is 2. The molecule has 1 aromatic heterocycles. The SMILES string of the molecule is CCC(C)Nc1cc(C)nc(Nc2ccccc2C(F)(F)F)n1. The largest absolute Gasteiger partial charge is 0.418 e. The van der Waals surface area contributed by atoms with Crippen LogP contribution in [0.25, 0.3) is 0 Å². The van der Waals surface area contributed by atoms with Gasteiger partial charge >= 0.3 is 6.18 Å². The third-order valence-electron chi connectivity index (χ3n) is 3.34. The number of rotatable bonds is 5. The Kier molecular flexibility index (Phi) is 5.08. The van der Waals surface area contributed by atoms with Gasteiger partial charge in [-0.2, -0.15) is 18.2 Å². The van der Waals surface area contributed by atoms with Crippen LogP contribution in [0.4, 0.5) is 30.6 Å². The first kappa shape index (κ1) is 17.1. The molecule has 2 rings (SSSR count). The first-order valence-corrected chi connectivity index (χ1v) is 7.35. The summed E-state index contributed by atoms with van der Waals surface area (Å²) in [5.41, 5.74) is -0.153. The lowest BCUT2D eigenvalue weighted by Crippen LogP contribution is -2.16. The molecule has 23 heavy (non-hydrogen) atoms. The number of benzene rings is 1. The predicted molar refractivity (Wildman–Crippen MR) is 84.9 cm³/mol. The van der Waals surface area contributed by atoms with Crippen LogP contribution in [0.15, 0.2) is 30.3 Å². The minimum Gasteiger partial charge on any atom is -0.367 e. The van der Waals surface area contributed by atoms with Gasteiger partial charge < -0.3 is 10.6 Å². The summed E-state index contributed by atoms with van der Waals surface area (Å²) in [6.45, 7) is 5.80. The zero-order chi connectivity index (χ0) is 17.0. The van der Waals surface area contributed by atoms with E-state index in [1.165, 1.54) is 18.2 Å². The summed E-state index contributed by atoms with van der Waals surface area (Å²) >= 11 is 0. The number of hydrogen-bond donors (Lipinski definition) is 2. The minimum absolute atomic E-state index is 0.0694. The van der Waals surface area contributed by atoms with Gasteiger partial charge in [-0.3, -0.25) is 0 Å². The second kappa shape index (κ2) is 6.85. The van der Waals surface area contributed by atoms with Crippen molar-refractivity contribution >= 4 is 17.5 Å². The fraction of sp³-hybridized carbons (Fsp3) is 0.375. The Labute approximate surface area is 133 Å². The second-order valence-corrected chi connectivity index (χ2v) is 5.34. The lowest BCUT2D eigenvalue weighted by molar-refractivity contribution is -0.136. The van der Waals surface area contributed by atoms with Crippen molar-refractivity contribution in [1.82, 2.24) is 9.97 Å². The minimum atomic E-state index is -4.44. The highest BCUT2D eigenvalue weighted by molar-refractivity contribution is 5.60. The van der Waals surface area contributed by atoms with Crippen molar-refractivity contribution in [1.29, 1.82) is 0 Å². The topological polar surface area (TPSA) is 49.8 Å². The Morgan fingerprint density at radius 2 is 1.87 bits per heavy atom. The number of anilines is 3. The van der Waals surface area contributed by atoms with Crippen molar-refractivity contribution in [2.45, 2.75) is 39.4 Å². The average molecular weight is 324 g/mol. The molecular weight excluding hydrogens is 305 g/mol. The van der Waals surface area contributed by atoms with E-state index in [-0.39, 0.29) is 17.7 Å². The van der Waals surface area contributed by atoms with E-state index in [2.05, 4.69) is 20.6 Å². The zero-order valence-electron chi connectivity index (χ0n) is 13.2. The number of aryl methyl sites for hydroxylation is 1. The van der Waals surface area contributed by atoms with Crippen molar-refractivity contribution in [2.24, 2.45) is 0 Å². The highest BCUT2D eigenvalue weighted by Crippen LogP contribution is 2.35. The molecular formula is C16H19F3N4. The lowest BCUT2D eigenvalue weighted by Gasteiger charge is -2.16. The highest BCUT2D eigenvalue weighted by Gasteiger charge is 2.33. The summed E-state index contributed by atoms with van der Waals surface area (Å²) in [7, 11) is 0. The van der Waals surface area contributed by atoms with Crippen LogP contribution in [-0.2, 0) is 6.18 Å². The molecule has 0 saturated heterocycles. The van der Waals surface area contributed by atoms with Crippen LogP contribution in [0.2, 0.25) is 0 Å². The van der Waals surface area contributed by atoms with E-state index in [1.54, 1.807) is 13.0 Å². The van der Waals surface area contributed by atoms with E-state index < -0.39 is 11.7 Å². The molecule has 1 heterocycles. The van der Waals surface area contributed by atoms with Gasteiger partial charge in [0, 0.05) is 17.8 Å². The lowest BCUT2D eigenvalue weighted by atomic mass is 10.1. The first-order valence-electron chi connectivity index (χ1n) is 7.35. The standard InChI is InChI=1S/C16H19F3N4/c1-4-10(2)20-14-9-11(3)21-15(23-14)22-13-8-6-5-7-12(13)16(17,18)19/h5-10H,4H2,1-3H3,(H2,20,21,22,23). The van der Waals surface area contributed by atoms with Gasteiger partial charge in [-0.05, 0) is 32.4 Å². The van der Waals surface area contributed by atoms with Crippen molar-refractivity contribution in [3.05, 3.63) is 41.6 Å². The molecule has 0 aliphatic carbocycles. The zero-order valence-corrected chi connectivity index (χ0v) is 13.2. The molecule has 7 heteroatoms. The third-order valence-corrected chi connectivity index (χ3v) is 3.34. The molecule has 0 bridgehead atoms. The van der Waals surface area contributed by atoms with Crippen molar-refractivity contribution < 1.29 is 13.2 Å². The molecule has 0 aliphatic rings. The van der Waals surface area contributed by atoms with Gasteiger partial charge in [-0.1, -0.05) is 19.1 Å². The summed E-state index contributed by atoms with van der Waals surface area (Å²) < 4.78 is 39.1. The van der Waals surface area contributed by atoms with E-state index in [4.69, 9.17) is 0 Å². The fourth-order valence-corrected chi connectivity index (χ4v) is 2.01. The number of para-hydroxylation sites is 1. The van der Waals surface area contributed by atoms with E-state index in [0.29, 0.717) is 11.5 Å². The molecule has 2 N–H and O–H groups in total. The van der Waals surface area contributed by atoms with Crippen LogP contribution in [0.1, 0.15) is 31.5 Å². The average Bonchev–Trinajstić information content (AvgIpc) is 2.46. The number of aromatic nitrogens is 2. The molecule has 4 nitrogen and oxygen atoms in total.